The van der Waals surface area contributed by atoms with Crippen LogP contribution in [0, 0.1) is 0 Å². The predicted octanol–water partition coefficient (Wildman–Crippen LogP) is 5.10. The van der Waals surface area contributed by atoms with Gasteiger partial charge in [0.25, 0.3) is 0 Å². The Kier molecular flexibility index (Phi) is 12.5. The van der Waals surface area contributed by atoms with Crippen molar-refractivity contribution < 1.29 is 18.4 Å². The van der Waals surface area contributed by atoms with Gasteiger partial charge in [0.2, 0.25) is 16.6 Å². The Balaban J connectivity index is 1.78. The van der Waals surface area contributed by atoms with Crippen molar-refractivity contribution >= 4 is 72.5 Å². The molecule has 0 spiro atoms. The van der Waals surface area contributed by atoms with Gasteiger partial charge in [-0.3, -0.25) is 0 Å². The van der Waals surface area contributed by atoms with Crippen molar-refractivity contribution in [3.63, 3.8) is 0 Å². The topological polar surface area (TPSA) is 58.9 Å². The summed E-state index contributed by atoms with van der Waals surface area (Å²) in [4.78, 5) is 0. The molecule has 0 radical (unpaired) electrons. The van der Waals surface area contributed by atoms with E-state index in [-0.39, 0.29) is 13.2 Å². The summed E-state index contributed by atoms with van der Waals surface area (Å²) in [5.74, 6) is 0. The van der Waals surface area contributed by atoms with E-state index in [2.05, 4.69) is 162 Å². The van der Waals surface area contributed by atoms with Crippen LogP contribution < -0.4 is 31.1 Å². The van der Waals surface area contributed by atoms with Crippen LogP contribution in [0.2, 0.25) is 64.5 Å². The Morgan fingerprint density at radius 2 is 0.702 bits per heavy atom. The zero-order valence-corrected chi connectivity index (χ0v) is 34.8. The normalized spacial score (nSPS) is 13.1. The summed E-state index contributed by atoms with van der Waals surface area (Å²) in [7, 11) is -11.5. The molecule has 0 aromatic heterocycles. The molecule has 9 heteroatoms. The summed E-state index contributed by atoms with van der Waals surface area (Å²) >= 11 is 0. The summed E-state index contributed by atoms with van der Waals surface area (Å²) in [5, 5.41) is 26.5. The van der Waals surface area contributed by atoms with Crippen LogP contribution in [-0.2, 0) is 8.23 Å². The molecule has 0 fully saturated rings. The molecular weight excluding hydrogens is 661 g/mol. The third-order valence-corrected chi connectivity index (χ3v) is 28.8. The molecular formula is C38H56O4Si5. The summed E-state index contributed by atoms with van der Waals surface area (Å²) in [6.45, 7) is 19.3. The molecule has 0 amide bonds. The number of aliphatic hydroxyl groups is 2. The summed E-state index contributed by atoms with van der Waals surface area (Å²) in [6, 6.07) is 42.0. The maximum Gasteiger partial charge on any atom is 0.386 e. The Bertz CT molecular complexity index is 1420. The molecule has 0 heterocycles. The van der Waals surface area contributed by atoms with Crippen LogP contribution in [0.15, 0.2) is 109 Å². The van der Waals surface area contributed by atoms with Gasteiger partial charge >= 0.3 is 8.56 Å². The monoisotopic (exact) mass is 716 g/mol. The van der Waals surface area contributed by atoms with E-state index >= 15 is 0 Å². The third kappa shape index (κ3) is 9.08. The van der Waals surface area contributed by atoms with Gasteiger partial charge in [-0.05, 0) is 59.8 Å². The van der Waals surface area contributed by atoms with Gasteiger partial charge in [0.05, 0.1) is 16.1 Å². The highest BCUT2D eigenvalue weighted by Crippen LogP contribution is 2.23. The first-order valence-electron chi connectivity index (χ1n) is 17.1. The average molecular weight is 717 g/mol. The Morgan fingerprint density at radius 3 is 1.00 bits per heavy atom. The van der Waals surface area contributed by atoms with E-state index in [0.29, 0.717) is 0 Å². The summed E-state index contributed by atoms with van der Waals surface area (Å²) in [5.41, 5.74) is 0. The van der Waals surface area contributed by atoms with E-state index in [4.69, 9.17) is 8.23 Å². The molecule has 2 N–H and O–H groups in total. The fraction of sp³-hybridized carbons (Fsp3) is 0.368. The number of benzene rings is 4. The molecule has 0 aliphatic heterocycles. The standard InChI is InChI=1S/C38H56O4Si5/c1-43(2,31-15-29-39)33-21-25-35(26-22-33)45(5,6)41-47(37-17-11-9-12-18-37,38-19-13-10-14-20-38)42-46(7,8)36-27-23-34(24-28-36)44(3,4)32-16-30-40/h9-14,17-28,39-40H,15-16,29-32H2,1-8H3. The van der Waals surface area contributed by atoms with Gasteiger partial charge in [0.1, 0.15) is 0 Å². The molecule has 0 saturated heterocycles. The summed E-state index contributed by atoms with van der Waals surface area (Å²) in [6.07, 6.45) is 1.71. The van der Waals surface area contributed by atoms with Gasteiger partial charge < -0.3 is 18.4 Å². The van der Waals surface area contributed by atoms with Crippen molar-refractivity contribution in [3.8, 4) is 0 Å². The largest absolute Gasteiger partial charge is 0.426 e. The van der Waals surface area contributed by atoms with E-state index < -0.39 is 41.3 Å². The first kappa shape index (κ1) is 37.6. The lowest BCUT2D eigenvalue weighted by Gasteiger charge is -2.43. The smallest absolute Gasteiger partial charge is 0.386 e. The molecule has 47 heavy (non-hydrogen) atoms. The number of hydrogen-bond donors (Lipinski definition) is 2. The van der Waals surface area contributed by atoms with Crippen molar-refractivity contribution in [2.45, 2.75) is 77.3 Å². The fourth-order valence-electron chi connectivity index (χ4n) is 6.55. The maximum absolute atomic E-state index is 9.45. The van der Waals surface area contributed by atoms with Crippen LogP contribution in [0.4, 0.5) is 0 Å². The first-order valence-corrected chi connectivity index (χ1v) is 31.2. The second-order valence-corrected chi connectivity index (χ2v) is 36.1. The second-order valence-electron chi connectivity index (χ2n) is 15.2. The van der Waals surface area contributed by atoms with Gasteiger partial charge in [0.15, 0.2) is 0 Å². The molecule has 4 aromatic rings. The second kappa shape index (κ2) is 15.6. The number of aliphatic hydroxyl groups excluding tert-OH is 2. The van der Waals surface area contributed by atoms with Crippen molar-refractivity contribution in [1.29, 1.82) is 0 Å². The molecule has 0 atom stereocenters. The van der Waals surface area contributed by atoms with Gasteiger partial charge in [-0.15, -0.1) is 0 Å². The minimum Gasteiger partial charge on any atom is -0.426 e. The van der Waals surface area contributed by atoms with Crippen LogP contribution in [0.1, 0.15) is 12.8 Å². The van der Waals surface area contributed by atoms with Crippen LogP contribution in [0.3, 0.4) is 0 Å². The maximum atomic E-state index is 9.45. The Labute approximate surface area is 289 Å². The highest BCUT2D eigenvalue weighted by atomic mass is 28.5. The van der Waals surface area contributed by atoms with Gasteiger partial charge in [0, 0.05) is 13.2 Å². The quantitative estimate of drug-likeness (QED) is 0.159. The van der Waals surface area contributed by atoms with Crippen LogP contribution in [-0.4, -0.2) is 64.8 Å². The average Bonchev–Trinajstić information content (AvgIpc) is 3.07. The Morgan fingerprint density at radius 1 is 0.404 bits per heavy atom. The van der Waals surface area contributed by atoms with E-state index in [0.717, 1.165) is 35.3 Å². The van der Waals surface area contributed by atoms with E-state index in [1.165, 1.54) is 20.7 Å². The van der Waals surface area contributed by atoms with Gasteiger partial charge in [-0.1, -0.05) is 158 Å². The third-order valence-electron chi connectivity index (χ3n) is 9.75. The fourth-order valence-corrected chi connectivity index (χ4v) is 24.0. The minimum atomic E-state index is -3.23. The molecule has 4 rings (SSSR count). The SMILES string of the molecule is C[Si](C)(CCCO)c1ccc([Si](C)(C)O[Si](O[Si](C)(C)c2ccc([Si](C)(C)CCCO)cc2)(c2ccccc2)c2ccccc2)cc1. The lowest BCUT2D eigenvalue weighted by atomic mass is 10.4. The van der Waals surface area contributed by atoms with Crippen LogP contribution >= 0.6 is 0 Å². The highest BCUT2D eigenvalue weighted by Gasteiger charge is 2.51. The molecule has 0 aliphatic rings. The molecule has 0 aliphatic carbocycles. The predicted molar refractivity (Wildman–Crippen MR) is 214 cm³/mol. The van der Waals surface area contributed by atoms with Crippen molar-refractivity contribution in [2.75, 3.05) is 13.2 Å². The lowest BCUT2D eigenvalue weighted by molar-refractivity contribution is 0.294. The van der Waals surface area contributed by atoms with Crippen molar-refractivity contribution in [3.05, 3.63) is 109 Å². The van der Waals surface area contributed by atoms with Crippen LogP contribution in [0.5, 0.6) is 0 Å². The van der Waals surface area contributed by atoms with Crippen LogP contribution in [0.25, 0.3) is 0 Å². The first-order chi connectivity index (χ1) is 22.2. The molecule has 4 nitrogen and oxygen atoms in total. The van der Waals surface area contributed by atoms with Gasteiger partial charge in [-0.2, -0.15) is 0 Å². The van der Waals surface area contributed by atoms with Gasteiger partial charge in [-0.25, -0.2) is 0 Å². The Hall–Kier alpha value is -2.20. The molecule has 0 bridgehead atoms. The number of hydrogen-bond acceptors (Lipinski definition) is 4. The molecule has 252 valence electrons. The summed E-state index contributed by atoms with van der Waals surface area (Å²) < 4.78 is 15.4. The minimum absolute atomic E-state index is 0.252. The van der Waals surface area contributed by atoms with E-state index in [9.17, 15) is 10.2 Å². The molecule has 4 aromatic carbocycles. The highest BCUT2D eigenvalue weighted by molar-refractivity contribution is 7.06. The zero-order valence-electron chi connectivity index (χ0n) is 29.8. The van der Waals surface area contributed by atoms with Crippen molar-refractivity contribution in [2.24, 2.45) is 0 Å². The molecule has 0 unspecified atom stereocenters. The van der Waals surface area contributed by atoms with E-state index in [1.807, 2.05) is 0 Å². The van der Waals surface area contributed by atoms with E-state index in [1.54, 1.807) is 0 Å². The number of rotatable bonds is 16. The molecule has 0 saturated carbocycles. The zero-order chi connectivity index (χ0) is 34.3. The van der Waals surface area contributed by atoms with Crippen molar-refractivity contribution in [1.82, 2.24) is 0 Å². The lowest BCUT2D eigenvalue weighted by Crippen LogP contribution is -2.73.